The van der Waals surface area contributed by atoms with Crippen molar-refractivity contribution in [1.29, 1.82) is 0 Å². The van der Waals surface area contributed by atoms with Gasteiger partial charge >= 0.3 is 5.97 Å². The van der Waals surface area contributed by atoms with Crippen LogP contribution in [0.1, 0.15) is 17.3 Å². The Bertz CT molecular complexity index is 410. The minimum absolute atomic E-state index is 0.185. The zero-order valence-electron chi connectivity index (χ0n) is 8.24. The molecular weight excluding hydrogens is 299 g/mol. The van der Waals surface area contributed by atoms with E-state index in [4.69, 9.17) is 21.4 Å². The Morgan fingerprint density at radius 1 is 1.62 bits per heavy atom. The fourth-order valence-corrected chi connectivity index (χ4v) is 1.95. The minimum Gasteiger partial charge on any atom is -0.479 e. The zero-order valence-corrected chi connectivity index (χ0v) is 10.6. The third-order valence-electron chi connectivity index (χ3n) is 1.80. The molecule has 1 aromatic carbocycles. The maximum absolute atomic E-state index is 10.6. The van der Waals surface area contributed by atoms with Gasteiger partial charge in [-0.15, -0.1) is 0 Å². The second kappa shape index (κ2) is 5.32. The molecule has 1 N–H and O–H groups in total. The van der Waals surface area contributed by atoms with Crippen LogP contribution in [0, 0.1) is 0 Å². The van der Waals surface area contributed by atoms with E-state index in [1.165, 1.54) is 19.1 Å². The number of carboxylic acids is 1. The maximum atomic E-state index is 10.6. The highest BCUT2D eigenvalue weighted by Gasteiger charge is 2.17. The zero-order chi connectivity index (χ0) is 12.3. The van der Waals surface area contributed by atoms with E-state index >= 15 is 0 Å². The van der Waals surface area contributed by atoms with E-state index in [2.05, 4.69) is 15.9 Å². The van der Waals surface area contributed by atoms with Gasteiger partial charge < -0.3 is 9.84 Å². The van der Waals surface area contributed by atoms with Gasteiger partial charge in [-0.05, 0) is 35.0 Å². The van der Waals surface area contributed by atoms with Gasteiger partial charge in [0.15, 0.2) is 11.9 Å². The summed E-state index contributed by atoms with van der Waals surface area (Å²) in [5.41, 5.74) is 0.382. The first-order chi connectivity index (χ1) is 7.45. The quantitative estimate of drug-likeness (QED) is 0.869. The second-order valence-corrected chi connectivity index (χ2v) is 4.29. The third kappa shape index (κ3) is 2.96. The van der Waals surface area contributed by atoms with E-state index in [9.17, 15) is 9.59 Å². The first-order valence-electron chi connectivity index (χ1n) is 4.29. The highest BCUT2D eigenvalue weighted by molar-refractivity contribution is 9.10. The molecule has 1 atom stereocenters. The molecule has 0 aliphatic carbocycles. The van der Waals surface area contributed by atoms with Crippen molar-refractivity contribution in [1.82, 2.24) is 0 Å². The molecule has 86 valence electrons. The highest BCUT2D eigenvalue weighted by atomic mass is 79.9. The van der Waals surface area contributed by atoms with Gasteiger partial charge in [-0.25, -0.2) is 4.79 Å². The van der Waals surface area contributed by atoms with E-state index in [0.717, 1.165) is 0 Å². The average molecular weight is 308 g/mol. The van der Waals surface area contributed by atoms with Gasteiger partial charge in [0.05, 0.1) is 9.50 Å². The Kier molecular flexibility index (Phi) is 4.32. The molecule has 0 aliphatic rings. The van der Waals surface area contributed by atoms with Crippen LogP contribution < -0.4 is 4.74 Å². The third-order valence-corrected chi connectivity index (χ3v) is 2.67. The van der Waals surface area contributed by atoms with Crippen LogP contribution in [0.5, 0.6) is 5.75 Å². The second-order valence-electron chi connectivity index (χ2n) is 3.03. The fourth-order valence-electron chi connectivity index (χ4n) is 0.987. The number of hydrogen-bond donors (Lipinski definition) is 1. The molecule has 4 nitrogen and oxygen atoms in total. The number of rotatable bonds is 4. The summed E-state index contributed by atoms with van der Waals surface area (Å²) in [7, 11) is 0. The molecule has 0 heterocycles. The molecule has 0 amide bonds. The number of benzene rings is 1. The summed E-state index contributed by atoms with van der Waals surface area (Å²) < 4.78 is 5.58. The summed E-state index contributed by atoms with van der Waals surface area (Å²) in [6.07, 6.45) is -0.378. The topological polar surface area (TPSA) is 63.6 Å². The van der Waals surface area contributed by atoms with Crippen molar-refractivity contribution >= 4 is 39.8 Å². The van der Waals surface area contributed by atoms with Crippen LogP contribution in [0.15, 0.2) is 16.6 Å². The van der Waals surface area contributed by atoms with Crippen LogP contribution in [0.2, 0.25) is 5.02 Å². The monoisotopic (exact) mass is 306 g/mol. The summed E-state index contributed by atoms with van der Waals surface area (Å²) >= 11 is 9.01. The standard InChI is InChI=1S/C10H8BrClO4/c1-5(10(14)15)16-9-7(11)2-6(4-13)3-8(9)12/h2-5H,1H3,(H,14,15)/t5-/m1/s1. The normalized spacial score (nSPS) is 11.9. The van der Waals surface area contributed by atoms with Crippen LogP contribution in [0.4, 0.5) is 0 Å². The van der Waals surface area contributed by atoms with E-state index in [1.807, 2.05) is 0 Å². The first kappa shape index (κ1) is 13.0. The van der Waals surface area contributed by atoms with Crippen molar-refractivity contribution in [3.63, 3.8) is 0 Å². The van der Waals surface area contributed by atoms with Gasteiger partial charge in [0.2, 0.25) is 0 Å². The Balaban J connectivity index is 3.05. The smallest absolute Gasteiger partial charge is 0.344 e. The van der Waals surface area contributed by atoms with Gasteiger partial charge in [-0.2, -0.15) is 0 Å². The van der Waals surface area contributed by atoms with Crippen LogP contribution in [0.25, 0.3) is 0 Å². The van der Waals surface area contributed by atoms with E-state index < -0.39 is 12.1 Å². The SMILES string of the molecule is C[C@@H](Oc1c(Cl)cc(C=O)cc1Br)C(=O)O. The van der Waals surface area contributed by atoms with Gasteiger partial charge in [0, 0.05) is 5.56 Å². The Labute approximate surface area is 105 Å². The molecule has 0 saturated carbocycles. The largest absolute Gasteiger partial charge is 0.479 e. The summed E-state index contributed by atoms with van der Waals surface area (Å²) in [5.74, 6) is -0.885. The number of aliphatic carboxylic acids is 1. The summed E-state index contributed by atoms with van der Waals surface area (Å²) in [5, 5.41) is 8.87. The van der Waals surface area contributed by atoms with Crippen LogP contribution in [0.3, 0.4) is 0 Å². The lowest BCUT2D eigenvalue weighted by Crippen LogP contribution is -2.23. The molecule has 0 spiro atoms. The van der Waals surface area contributed by atoms with E-state index in [0.29, 0.717) is 16.3 Å². The molecule has 6 heteroatoms. The first-order valence-corrected chi connectivity index (χ1v) is 5.46. The van der Waals surface area contributed by atoms with Crippen LogP contribution in [-0.2, 0) is 4.79 Å². The van der Waals surface area contributed by atoms with Crippen molar-refractivity contribution in [2.24, 2.45) is 0 Å². The predicted octanol–water partition coefficient (Wildman–Crippen LogP) is 2.77. The summed E-state index contributed by atoms with van der Waals surface area (Å²) in [6.45, 7) is 1.39. The molecule has 0 bridgehead atoms. The van der Waals surface area contributed by atoms with Crippen LogP contribution in [-0.4, -0.2) is 23.5 Å². The van der Waals surface area contributed by atoms with Gasteiger partial charge in [-0.3, -0.25) is 4.79 Å². The highest BCUT2D eigenvalue weighted by Crippen LogP contribution is 2.34. The van der Waals surface area contributed by atoms with Gasteiger partial charge in [0.25, 0.3) is 0 Å². The van der Waals surface area contributed by atoms with Crippen molar-refractivity contribution < 1.29 is 19.4 Å². The number of halogens is 2. The van der Waals surface area contributed by atoms with E-state index in [-0.39, 0.29) is 10.8 Å². The van der Waals surface area contributed by atoms with Crippen LogP contribution >= 0.6 is 27.5 Å². The molecular formula is C10H8BrClO4. The van der Waals surface area contributed by atoms with Crippen molar-refractivity contribution in [3.8, 4) is 5.75 Å². The lowest BCUT2D eigenvalue weighted by Gasteiger charge is -2.13. The van der Waals surface area contributed by atoms with Gasteiger partial charge in [-0.1, -0.05) is 11.6 Å². The Morgan fingerprint density at radius 2 is 2.25 bits per heavy atom. The van der Waals surface area contributed by atoms with Crippen molar-refractivity contribution in [2.75, 3.05) is 0 Å². The Hall–Kier alpha value is -1.07. The number of ether oxygens (including phenoxy) is 1. The minimum atomic E-state index is -1.09. The van der Waals surface area contributed by atoms with E-state index in [1.54, 1.807) is 0 Å². The Morgan fingerprint density at radius 3 is 2.69 bits per heavy atom. The number of hydrogen-bond acceptors (Lipinski definition) is 3. The lowest BCUT2D eigenvalue weighted by atomic mass is 10.2. The molecule has 0 saturated heterocycles. The lowest BCUT2D eigenvalue weighted by molar-refractivity contribution is -0.144. The number of aldehydes is 1. The molecule has 0 aliphatic heterocycles. The molecule has 1 aromatic rings. The van der Waals surface area contributed by atoms with Gasteiger partial charge in [0.1, 0.15) is 6.29 Å². The average Bonchev–Trinajstić information content (AvgIpc) is 2.22. The summed E-state index contributed by atoms with van der Waals surface area (Å²) in [6, 6.07) is 2.91. The number of carboxylic acid groups (broad SMARTS) is 1. The molecule has 16 heavy (non-hydrogen) atoms. The summed E-state index contributed by atoms with van der Waals surface area (Å²) in [4.78, 5) is 21.1. The maximum Gasteiger partial charge on any atom is 0.344 e. The predicted molar refractivity (Wildman–Crippen MR) is 62.3 cm³/mol. The van der Waals surface area contributed by atoms with Crippen molar-refractivity contribution in [3.05, 3.63) is 27.2 Å². The molecule has 0 radical (unpaired) electrons. The van der Waals surface area contributed by atoms with Crippen molar-refractivity contribution in [2.45, 2.75) is 13.0 Å². The number of carbonyl (C=O) groups is 2. The number of carbonyl (C=O) groups excluding carboxylic acids is 1. The molecule has 0 fully saturated rings. The molecule has 1 rings (SSSR count). The molecule has 0 aromatic heterocycles. The fraction of sp³-hybridized carbons (Fsp3) is 0.200. The molecule has 0 unspecified atom stereocenters.